The number of rotatable bonds is 8. The zero-order valence-corrected chi connectivity index (χ0v) is 12.4. The van der Waals surface area contributed by atoms with Crippen LogP contribution in [0.5, 0.6) is 0 Å². The van der Waals surface area contributed by atoms with Gasteiger partial charge in [0.05, 0.1) is 23.9 Å². The molecule has 114 valence electrons. The average molecular weight is 281 g/mol. The zero-order chi connectivity index (χ0) is 14.4. The van der Waals surface area contributed by atoms with Gasteiger partial charge < -0.3 is 15.6 Å². The number of aliphatic hydroxyl groups is 1. The summed E-state index contributed by atoms with van der Waals surface area (Å²) in [4.78, 5) is 0. The van der Waals surface area contributed by atoms with E-state index in [1.165, 1.54) is 25.7 Å². The van der Waals surface area contributed by atoms with E-state index >= 15 is 0 Å². The monoisotopic (exact) mass is 281 g/mol. The summed E-state index contributed by atoms with van der Waals surface area (Å²) in [5, 5.41) is 15.3. The number of nitrogens with two attached hydrogens (primary N) is 1. The van der Waals surface area contributed by atoms with Crippen LogP contribution in [0, 0.1) is 0 Å². The molecule has 0 amide bonds. The van der Waals surface area contributed by atoms with Crippen LogP contribution in [0.4, 0.5) is 0 Å². The summed E-state index contributed by atoms with van der Waals surface area (Å²) in [7, 11) is 1.62. The minimum Gasteiger partial charge on any atom is -0.387 e. The number of methoxy groups -OCH3 is 1. The van der Waals surface area contributed by atoms with Crippen molar-refractivity contribution in [2.75, 3.05) is 20.3 Å². The first-order chi connectivity index (χ1) is 9.67. The number of hydrogen-bond acceptors (Lipinski definition) is 4. The molecule has 0 aromatic carbocycles. The first-order valence-electron chi connectivity index (χ1n) is 7.62. The van der Waals surface area contributed by atoms with Crippen molar-refractivity contribution in [3.05, 3.63) is 18.0 Å². The minimum atomic E-state index is -0.858. The highest BCUT2D eigenvalue weighted by molar-refractivity contribution is 5.05. The lowest BCUT2D eigenvalue weighted by atomic mass is 9.93. The Hall–Kier alpha value is -0.910. The van der Waals surface area contributed by atoms with Gasteiger partial charge in [-0.05, 0) is 38.3 Å². The molecule has 2 rings (SSSR count). The highest BCUT2D eigenvalue weighted by Gasteiger charge is 2.28. The van der Waals surface area contributed by atoms with Gasteiger partial charge in [-0.1, -0.05) is 12.8 Å². The van der Waals surface area contributed by atoms with Crippen LogP contribution >= 0.6 is 0 Å². The van der Waals surface area contributed by atoms with E-state index in [1.54, 1.807) is 7.11 Å². The van der Waals surface area contributed by atoms with Crippen LogP contribution in [0.2, 0.25) is 0 Å². The number of ether oxygens (including phenoxy) is 1. The zero-order valence-electron chi connectivity index (χ0n) is 12.4. The Morgan fingerprint density at radius 1 is 1.50 bits per heavy atom. The number of nitrogens with zero attached hydrogens (tertiary/aromatic N) is 2. The molecule has 0 aliphatic heterocycles. The van der Waals surface area contributed by atoms with Crippen molar-refractivity contribution >= 4 is 0 Å². The maximum absolute atomic E-state index is 10.6. The summed E-state index contributed by atoms with van der Waals surface area (Å²) in [6, 6.07) is 2.56. The Morgan fingerprint density at radius 3 is 2.90 bits per heavy atom. The second-order valence-corrected chi connectivity index (χ2v) is 5.95. The Balaban J connectivity index is 1.98. The molecule has 1 fully saturated rings. The summed E-state index contributed by atoms with van der Waals surface area (Å²) in [6.07, 6.45) is 9.04. The summed E-state index contributed by atoms with van der Waals surface area (Å²) in [5.41, 5.74) is 5.62. The number of hydrogen-bond donors (Lipinski definition) is 2. The molecule has 1 aliphatic rings. The maximum Gasteiger partial charge on any atom is 0.0936 e. The van der Waals surface area contributed by atoms with Crippen LogP contribution in [0.25, 0.3) is 0 Å². The third-order valence-corrected chi connectivity index (χ3v) is 4.13. The lowest BCUT2D eigenvalue weighted by Crippen LogP contribution is -2.37. The van der Waals surface area contributed by atoms with E-state index in [-0.39, 0.29) is 0 Å². The van der Waals surface area contributed by atoms with Crippen molar-refractivity contribution in [3.8, 4) is 0 Å². The van der Waals surface area contributed by atoms with Crippen molar-refractivity contribution in [1.82, 2.24) is 9.78 Å². The normalized spacial score (nSPS) is 19.4. The molecule has 1 atom stereocenters. The molecule has 0 spiro atoms. The second kappa shape index (κ2) is 7.20. The standard InChI is InChI=1S/C15H27N3O2/c1-20-12-15(19,8-4-9-16)11-13-7-10-18(17-13)14-5-2-3-6-14/h7,10,14,19H,2-6,8-9,11-12,16H2,1H3. The predicted octanol–water partition coefficient (Wildman–Crippen LogP) is 1.66. The van der Waals surface area contributed by atoms with E-state index in [0.717, 1.165) is 12.1 Å². The molecule has 3 N–H and O–H groups in total. The fraction of sp³-hybridized carbons (Fsp3) is 0.800. The highest BCUT2D eigenvalue weighted by Crippen LogP contribution is 2.29. The Labute approximate surface area is 121 Å². The Bertz CT molecular complexity index is 402. The van der Waals surface area contributed by atoms with Gasteiger partial charge in [-0.2, -0.15) is 5.10 Å². The minimum absolute atomic E-state index is 0.323. The van der Waals surface area contributed by atoms with E-state index in [9.17, 15) is 5.11 Å². The smallest absolute Gasteiger partial charge is 0.0936 e. The number of aromatic nitrogens is 2. The molecule has 0 radical (unpaired) electrons. The molecule has 1 unspecified atom stereocenters. The summed E-state index contributed by atoms with van der Waals surface area (Å²) < 4.78 is 7.23. The molecule has 1 heterocycles. The molecule has 5 heteroatoms. The van der Waals surface area contributed by atoms with Gasteiger partial charge in [0, 0.05) is 19.7 Å². The molecule has 5 nitrogen and oxygen atoms in total. The van der Waals surface area contributed by atoms with Gasteiger partial charge in [0.1, 0.15) is 0 Å². The van der Waals surface area contributed by atoms with Crippen molar-refractivity contribution in [2.24, 2.45) is 5.73 Å². The van der Waals surface area contributed by atoms with Crippen LogP contribution in [0.3, 0.4) is 0 Å². The van der Waals surface area contributed by atoms with Crippen LogP contribution in [0.1, 0.15) is 50.3 Å². The summed E-state index contributed by atoms with van der Waals surface area (Å²) >= 11 is 0. The first-order valence-corrected chi connectivity index (χ1v) is 7.62. The van der Waals surface area contributed by atoms with Gasteiger partial charge >= 0.3 is 0 Å². The fourth-order valence-electron chi connectivity index (χ4n) is 3.09. The SMILES string of the molecule is COCC(O)(CCCN)Cc1ccn(C2CCCC2)n1. The predicted molar refractivity (Wildman–Crippen MR) is 78.6 cm³/mol. The molecule has 1 aliphatic carbocycles. The molecular weight excluding hydrogens is 254 g/mol. The Morgan fingerprint density at radius 2 is 2.25 bits per heavy atom. The van der Waals surface area contributed by atoms with Gasteiger partial charge in [-0.25, -0.2) is 0 Å². The van der Waals surface area contributed by atoms with Gasteiger partial charge in [0.15, 0.2) is 0 Å². The first kappa shape index (κ1) is 15.5. The average Bonchev–Trinajstić information content (AvgIpc) is 3.07. The summed E-state index contributed by atoms with van der Waals surface area (Å²) in [5.74, 6) is 0. The molecule has 1 aromatic rings. The van der Waals surface area contributed by atoms with Gasteiger partial charge in [0.25, 0.3) is 0 Å². The third-order valence-electron chi connectivity index (χ3n) is 4.13. The van der Waals surface area contributed by atoms with E-state index in [4.69, 9.17) is 10.5 Å². The molecule has 20 heavy (non-hydrogen) atoms. The fourth-order valence-corrected chi connectivity index (χ4v) is 3.09. The highest BCUT2D eigenvalue weighted by atomic mass is 16.5. The van der Waals surface area contributed by atoms with E-state index < -0.39 is 5.60 Å². The molecular formula is C15H27N3O2. The van der Waals surface area contributed by atoms with E-state index in [1.807, 2.05) is 12.3 Å². The van der Waals surface area contributed by atoms with Crippen LogP contribution in [-0.4, -0.2) is 40.7 Å². The Kier molecular flexibility index (Phi) is 5.57. The van der Waals surface area contributed by atoms with E-state index in [2.05, 4.69) is 9.78 Å². The maximum atomic E-state index is 10.6. The van der Waals surface area contributed by atoms with Crippen molar-refractivity contribution in [3.63, 3.8) is 0 Å². The van der Waals surface area contributed by atoms with E-state index in [0.29, 0.717) is 32.0 Å². The largest absolute Gasteiger partial charge is 0.387 e. The second-order valence-electron chi connectivity index (χ2n) is 5.95. The topological polar surface area (TPSA) is 73.3 Å². The van der Waals surface area contributed by atoms with Gasteiger partial charge in [-0.3, -0.25) is 4.68 Å². The molecule has 0 bridgehead atoms. The van der Waals surface area contributed by atoms with Crippen molar-refractivity contribution in [2.45, 2.75) is 56.6 Å². The third kappa shape index (κ3) is 4.04. The van der Waals surface area contributed by atoms with Crippen molar-refractivity contribution in [1.29, 1.82) is 0 Å². The summed E-state index contributed by atoms with van der Waals surface area (Å²) in [6.45, 7) is 0.909. The van der Waals surface area contributed by atoms with Gasteiger partial charge in [0.2, 0.25) is 0 Å². The quantitative estimate of drug-likeness (QED) is 0.760. The van der Waals surface area contributed by atoms with Crippen molar-refractivity contribution < 1.29 is 9.84 Å². The lowest BCUT2D eigenvalue weighted by molar-refractivity contribution is -0.0382. The molecule has 1 saturated carbocycles. The molecule has 0 saturated heterocycles. The van der Waals surface area contributed by atoms with Crippen LogP contribution in [-0.2, 0) is 11.2 Å². The van der Waals surface area contributed by atoms with Crippen LogP contribution in [0.15, 0.2) is 12.3 Å². The lowest BCUT2D eigenvalue weighted by Gasteiger charge is -2.26. The van der Waals surface area contributed by atoms with Crippen LogP contribution < -0.4 is 5.73 Å². The van der Waals surface area contributed by atoms with Gasteiger partial charge in [-0.15, -0.1) is 0 Å². The molecule has 1 aromatic heterocycles.